The zero-order chi connectivity index (χ0) is 15.6. The Bertz CT molecular complexity index is 788. The Morgan fingerprint density at radius 2 is 2.10 bits per heavy atom. The standard InChI is InChI=1S/C11H9BrN2O5S2/c12-7-3-8(20-6-7)5-13-21(18,19)9-1-2-11(15)10(4-9)14(16)17/h1-4,6,13,15H,5H2. The minimum absolute atomic E-state index is 0.0767. The molecule has 7 nitrogen and oxygen atoms in total. The zero-order valence-corrected chi connectivity index (χ0v) is 13.5. The summed E-state index contributed by atoms with van der Waals surface area (Å²) in [6, 6.07) is 4.68. The van der Waals surface area contributed by atoms with Crippen molar-refractivity contribution in [2.24, 2.45) is 0 Å². The van der Waals surface area contributed by atoms with Crippen LogP contribution in [0.15, 0.2) is 39.0 Å². The third-order valence-corrected chi connectivity index (χ3v) is 5.61. The van der Waals surface area contributed by atoms with Gasteiger partial charge < -0.3 is 5.11 Å². The number of aromatic hydroxyl groups is 1. The van der Waals surface area contributed by atoms with Crippen LogP contribution in [-0.2, 0) is 16.6 Å². The van der Waals surface area contributed by atoms with E-state index >= 15 is 0 Å². The number of rotatable bonds is 5. The molecule has 2 N–H and O–H groups in total. The van der Waals surface area contributed by atoms with E-state index in [0.29, 0.717) is 0 Å². The van der Waals surface area contributed by atoms with Gasteiger partial charge in [0.2, 0.25) is 10.0 Å². The molecule has 2 aromatic rings. The number of sulfonamides is 1. The number of nitro benzene ring substituents is 1. The quantitative estimate of drug-likeness (QED) is 0.600. The highest BCUT2D eigenvalue weighted by molar-refractivity contribution is 9.10. The maximum absolute atomic E-state index is 12.1. The Morgan fingerprint density at radius 3 is 2.67 bits per heavy atom. The van der Waals surface area contributed by atoms with Gasteiger partial charge in [-0.05, 0) is 34.1 Å². The minimum Gasteiger partial charge on any atom is -0.502 e. The molecule has 0 saturated heterocycles. The number of hydrogen-bond donors (Lipinski definition) is 2. The fourth-order valence-electron chi connectivity index (χ4n) is 1.51. The van der Waals surface area contributed by atoms with E-state index < -0.39 is 26.4 Å². The third kappa shape index (κ3) is 3.79. The fraction of sp³-hybridized carbons (Fsp3) is 0.0909. The van der Waals surface area contributed by atoms with Crippen molar-refractivity contribution in [3.05, 3.63) is 49.1 Å². The second kappa shape index (κ2) is 6.10. The maximum atomic E-state index is 12.1. The van der Waals surface area contributed by atoms with Crippen molar-refractivity contribution in [3.63, 3.8) is 0 Å². The molecule has 1 aromatic heterocycles. The van der Waals surface area contributed by atoms with Gasteiger partial charge in [-0.3, -0.25) is 10.1 Å². The lowest BCUT2D eigenvalue weighted by Gasteiger charge is -2.06. The van der Waals surface area contributed by atoms with Crippen LogP contribution in [0.5, 0.6) is 5.75 Å². The largest absolute Gasteiger partial charge is 0.502 e. The van der Waals surface area contributed by atoms with Crippen molar-refractivity contribution in [2.75, 3.05) is 0 Å². The van der Waals surface area contributed by atoms with Gasteiger partial charge in [-0.15, -0.1) is 11.3 Å². The van der Waals surface area contributed by atoms with E-state index in [4.69, 9.17) is 0 Å². The van der Waals surface area contributed by atoms with Crippen molar-refractivity contribution < 1.29 is 18.4 Å². The molecule has 1 aromatic carbocycles. The lowest BCUT2D eigenvalue weighted by atomic mass is 10.3. The second-order valence-electron chi connectivity index (χ2n) is 3.96. The molecule has 0 amide bonds. The Kier molecular flexibility index (Phi) is 4.61. The molecule has 0 bridgehead atoms. The molecule has 0 spiro atoms. The number of halogens is 1. The van der Waals surface area contributed by atoms with Crippen molar-refractivity contribution in [1.82, 2.24) is 4.72 Å². The van der Waals surface area contributed by atoms with Gasteiger partial charge in [0.1, 0.15) is 0 Å². The highest BCUT2D eigenvalue weighted by Gasteiger charge is 2.21. The lowest BCUT2D eigenvalue weighted by molar-refractivity contribution is -0.386. The van der Waals surface area contributed by atoms with Crippen LogP contribution >= 0.6 is 27.3 Å². The first-order valence-corrected chi connectivity index (χ1v) is 8.65. The van der Waals surface area contributed by atoms with Gasteiger partial charge in [-0.25, -0.2) is 13.1 Å². The number of phenolic OH excluding ortho intramolecular Hbond substituents is 1. The molecule has 21 heavy (non-hydrogen) atoms. The summed E-state index contributed by atoms with van der Waals surface area (Å²) >= 11 is 4.64. The van der Waals surface area contributed by atoms with Crippen LogP contribution in [0.2, 0.25) is 0 Å². The zero-order valence-electron chi connectivity index (χ0n) is 10.3. The fourth-order valence-corrected chi connectivity index (χ4v) is 4.02. The van der Waals surface area contributed by atoms with Crippen molar-refractivity contribution in [2.45, 2.75) is 11.4 Å². The smallest absolute Gasteiger partial charge is 0.312 e. The predicted octanol–water partition coefficient (Wildman–Crippen LogP) is 2.60. The maximum Gasteiger partial charge on any atom is 0.312 e. The Balaban J connectivity index is 2.23. The molecule has 0 fully saturated rings. The van der Waals surface area contributed by atoms with E-state index in [9.17, 15) is 23.6 Å². The van der Waals surface area contributed by atoms with Gasteiger partial charge in [-0.1, -0.05) is 0 Å². The predicted molar refractivity (Wildman–Crippen MR) is 80.8 cm³/mol. The first-order chi connectivity index (χ1) is 9.79. The average Bonchev–Trinajstić information content (AvgIpc) is 2.82. The number of benzene rings is 1. The summed E-state index contributed by atoms with van der Waals surface area (Å²) in [6.07, 6.45) is 0. The van der Waals surface area contributed by atoms with Crippen LogP contribution in [0.1, 0.15) is 4.88 Å². The summed E-state index contributed by atoms with van der Waals surface area (Å²) in [5.41, 5.74) is -0.656. The summed E-state index contributed by atoms with van der Waals surface area (Å²) in [7, 11) is -3.90. The van der Waals surface area contributed by atoms with E-state index in [-0.39, 0.29) is 11.4 Å². The van der Waals surface area contributed by atoms with Gasteiger partial charge in [-0.2, -0.15) is 0 Å². The first kappa shape index (κ1) is 15.9. The van der Waals surface area contributed by atoms with Gasteiger partial charge in [0, 0.05) is 27.3 Å². The summed E-state index contributed by atoms with van der Waals surface area (Å²) in [6.45, 7) is 0.0767. The van der Waals surface area contributed by atoms with Gasteiger partial charge >= 0.3 is 5.69 Å². The van der Waals surface area contributed by atoms with Crippen LogP contribution in [0, 0.1) is 10.1 Å². The second-order valence-corrected chi connectivity index (χ2v) is 7.64. The van der Waals surface area contributed by atoms with Gasteiger partial charge in [0.15, 0.2) is 5.75 Å². The van der Waals surface area contributed by atoms with Gasteiger partial charge in [0.25, 0.3) is 0 Å². The van der Waals surface area contributed by atoms with E-state index in [2.05, 4.69) is 20.7 Å². The number of nitro groups is 1. The molecule has 10 heteroatoms. The highest BCUT2D eigenvalue weighted by Crippen LogP contribution is 2.28. The number of hydrogen-bond acceptors (Lipinski definition) is 6. The Morgan fingerprint density at radius 1 is 1.38 bits per heavy atom. The molecule has 2 rings (SSSR count). The summed E-state index contributed by atoms with van der Waals surface area (Å²) in [5, 5.41) is 21.8. The van der Waals surface area contributed by atoms with E-state index in [1.807, 2.05) is 5.38 Å². The molecule has 0 aliphatic rings. The van der Waals surface area contributed by atoms with E-state index in [0.717, 1.165) is 27.5 Å². The molecule has 0 atom stereocenters. The average molecular weight is 393 g/mol. The van der Waals surface area contributed by atoms with Gasteiger partial charge in [0.05, 0.1) is 9.82 Å². The van der Waals surface area contributed by atoms with E-state index in [1.165, 1.54) is 11.3 Å². The normalized spacial score (nSPS) is 11.5. The number of thiophene rings is 1. The third-order valence-electron chi connectivity index (χ3n) is 2.51. The van der Waals surface area contributed by atoms with Crippen molar-refractivity contribution in [3.8, 4) is 5.75 Å². The number of phenols is 1. The molecule has 0 radical (unpaired) electrons. The first-order valence-electron chi connectivity index (χ1n) is 5.49. The number of nitrogens with zero attached hydrogens (tertiary/aromatic N) is 1. The molecular formula is C11H9BrN2O5S2. The topological polar surface area (TPSA) is 110 Å². The van der Waals surface area contributed by atoms with Crippen LogP contribution in [-0.4, -0.2) is 18.4 Å². The molecule has 0 unspecified atom stereocenters. The SMILES string of the molecule is O=[N+]([O-])c1cc(S(=O)(=O)NCc2cc(Br)cs2)ccc1O. The monoisotopic (exact) mass is 392 g/mol. The van der Waals surface area contributed by atoms with Crippen LogP contribution in [0.4, 0.5) is 5.69 Å². The molecular weight excluding hydrogens is 384 g/mol. The van der Waals surface area contributed by atoms with Crippen LogP contribution in [0.3, 0.4) is 0 Å². The summed E-state index contributed by atoms with van der Waals surface area (Å²) < 4.78 is 27.3. The van der Waals surface area contributed by atoms with Crippen LogP contribution < -0.4 is 4.72 Å². The minimum atomic E-state index is -3.90. The molecule has 0 aliphatic heterocycles. The summed E-state index contributed by atoms with van der Waals surface area (Å²) in [4.78, 5) is 10.4. The number of nitrogens with one attached hydrogen (secondary N) is 1. The molecule has 1 heterocycles. The van der Waals surface area contributed by atoms with Crippen molar-refractivity contribution >= 4 is 43.0 Å². The van der Waals surface area contributed by atoms with Crippen molar-refractivity contribution in [1.29, 1.82) is 0 Å². The molecule has 112 valence electrons. The molecule has 0 aliphatic carbocycles. The summed E-state index contributed by atoms with van der Waals surface area (Å²) in [5.74, 6) is -0.582. The lowest BCUT2D eigenvalue weighted by Crippen LogP contribution is -2.22. The van der Waals surface area contributed by atoms with Crippen LogP contribution in [0.25, 0.3) is 0 Å². The highest BCUT2D eigenvalue weighted by atomic mass is 79.9. The van der Waals surface area contributed by atoms with E-state index in [1.54, 1.807) is 6.07 Å². The Labute approximate surface area is 132 Å². The molecule has 0 saturated carbocycles. The Hall–Kier alpha value is -1.49.